The molecule has 1 aromatic heterocycles. The number of rotatable bonds is 10. The third-order valence-electron chi connectivity index (χ3n) is 10.7. The van der Waals surface area contributed by atoms with Gasteiger partial charge in [0.1, 0.15) is 6.29 Å². The van der Waals surface area contributed by atoms with Crippen LogP contribution in [0.15, 0.2) is 42.5 Å². The van der Waals surface area contributed by atoms with Crippen LogP contribution in [0.5, 0.6) is 0 Å². The van der Waals surface area contributed by atoms with Crippen molar-refractivity contribution in [3.63, 3.8) is 0 Å². The van der Waals surface area contributed by atoms with Crippen molar-refractivity contribution in [3.8, 4) is 11.1 Å². The van der Waals surface area contributed by atoms with Crippen LogP contribution < -0.4 is 10.6 Å². The Morgan fingerprint density at radius 2 is 1.71 bits per heavy atom. The number of benzene rings is 2. The Bertz CT molecular complexity index is 1510. The molecule has 222 valence electrons. The largest absolute Gasteiger partial charge is 0.388 e. The summed E-state index contributed by atoms with van der Waals surface area (Å²) in [6, 6.07) is 13.0. The van der Waals surface area contributed by atoms with Crippen LogP contribution in [-0.4, -0.2) is 40.9 Å². The van der Waals surface area contributed by atoms with Crippen molar-refractivity contribution in [2.45, 2.75) is 78.7 Å². The smallest absolute Gasteiger partial charge is 0.156 e. The van der Waals surface area contributed by atoms with Gasteiger partial charge in [-0.3, -0.25) is 4.90 Å². The maximum atomic E-state index is 11.7. The molecule has 3 aromatic rings. The van der Waals surface area contributed by atoms with E-state index in [1.54, 1.807) is 0 Å². The predicted octanol–water partition coefficient (Wildman–Crippen LogP) is 7.51. The van der Waals surface area contributed by atoms with E-state index in [0.29, 0.717) is 5.41 Å². The highest BCUT2D eigenvalue weighted by Crippen LogP contribution is 2.62. The minimum absolute atomic E-state index is 0.00736. The average Bonchev–Trinajstić information content (AvgIpc) is 3.67. The van der Waals surface area contributed by atoms with Gasteiger partial charge < -0.3 is 20.0 Å². The summed E-state index contributed by atoms with van der Waals surface area (Å²) in [5.74, 6) is 1.02. The molecule has 42 heavy (non-hydrogen) atoms. The monoisotopic (exact) mass is 565 g/mol. The van der Waals surface area contributed by atoms with E-state index >= 15 is 0 Å². The van der Waals surface area contributed by atoms with Gasteiger partial charge >= 0.3 is 0 Å². The Balaban J connectivity index is 1.20. The van der Waals surface area contributed by atoms with E-state index in [1.807, 2.05) is 7.05 Å². The van der Waals surface area contributed by atoms with Crippen molar-refractivity contribution in [1.29, 1.82) is 0 Å². The van der Waals surface area contributed by atoms with E-state index in [-0.39, 0.29) is 5.41 Å². The van der Waals surface area contributed by atoms with E-state index in [4.69, 9.17) is 4.98 Å². The molecule has 6 heteroatoms. The lowest BCUT2D eigenvalue weighted by Gasteiger charge is -2.32. The number of aromatic nitrogens is 2. The first-order valence-corrected chi connectivity index (χ1v) is 15.9. The molecule has 2 fully saturated rings. The van der Waals surface area contributed by atoms with Crippen LogP contribution in [-0.2, 0) is 24.8 Å². The van der Waals surface area contributed by atoms with E-state index in [1.165, 1.54) is 59.2 Å². The Morgan fingerprint density at radius 1 is 1.02 bits per heavy atom. The number of fused-ring (bicyclic) bond motifs is 3. The number of carbonyl (C=O) groups excluding carboxylic acids is 1. The molecule has 0 radical (unpaired) electrons. The summed E-state index contributed by atoms with van der Waals surface area (Å²) in [6.45, 7) is 9.68. The summed E-state index contributed by atoms with van der Waals surface area (Å²) in [7, 11) is 4.15. The molecule has 0 saturated heterocycles. The zero-order valence-corrected chi connectivity index (χ0v) is 26.1. The molecule has 2 heterocycles. The topological polar surface area (TPSA) is 62.2 Å². The van der Waals surface area contributed by atoms with Gasteiger partial charge in [0.15, 0.2) is 5.82 Å². The van der Waals surface area contributed by atoms with Gasteiger partial charge in [0, 0.05) is 56.1 Å². The minimum atomic E-state index is 0.00736. The first-order valence-electron chi connectivity index (χ1n) is 15.9. The Kier molecular flexibility index (Phi) is 7.77. The second-order valence-electron chi connectivity index (χ2n) is 13.2. The van der Waals surface area contributed by atoms with Crippen molar-refractivity contribution < 1.29 is 4.79 Å². The molecule has 1 aliphatic heterocycles. The molecular weight excluding hydrogens is 518 g/mol. The zero-order chi connectivity index (χ0) is 29.5. The number of anilines is 2. The number of hydrogen-bond acceptors (Lipinski definition) is 5. The number of carbonyl (C=O) groups is 1. The standard InChI is InChI=1S/C36H47N5O/c1-6-9-31(38-30-13-8-11-28(26(30)3)27-10-7-12-29(37-4)25(27)2)34-39-32-22-41(20-14-33(32)40(34)5)21-19-35-15-17-36(23-35,24-42)18-16-35/h7-13,24,37-38H,6,14-23H2,1-5H3. The molecule has 0 amide bonds. The average molecular weight is 566 g/mol. The SMILES string of the molecule is CCC=C(Nc1cccc(-c2cccc(NC)c2C)c1C)c1nc2c(n1C)CCN(CCC13CCC(C=O)(CC1)C3)C2. The maximum absolute atomic E-state index is 11.7. The van der Waals surface area contributed by atoms with Crippen molar-refractivity contribution in [2.75, 3.05) is 30.8 Å². The maximum Gasteiger partial charge on any atom is 0.156 e. The summed E-state index contributed by atoms with van der Waals surface area (Å²) in [5, 5.41) is 7.12. The highest BCUT2D eigenvalue weighted by atomic mass is 16.1. The number of aldehydes is 1. The number of allylic oxidation sites excluding steroid dienone is 1. The van der Waals surface area contributed by atoms with Crippen LogP contribution >= 0.6 is 0 Å². The molecule has 6 nitrogen and oxygen atoms in total. The van der Waals surface area contributed by atoms with Crippen LogP contribution in [0.1, 0.15) is 80.2 Å². The van der Waals surface area contributed by atoms with Crippen LogP contribution in [0.3, 0.4) is 0 Å². The van der Waals surface area contributed by atoms with E-state index < -0.39 is 0 Å². The quantitative estimate of drug-likeness (QED) is 0.249. The molecule has 2 aromatic carbocycles. The molecule has 0 spiro atoms. The van der Waals surface area contributed by atoms with Crippen LogP contribution in [0.25, 0.3) is 16.8 Å². The lowest BCUT2D eigenvalue weighted by atomic mass is 9.80. The van der Waals surface area contributed by atoms with Gasteiger partial charge in [-0.05, 0) is 105 Å². The normalized spacial score (nSPS) is 23.7. The molecular formula is C36H47N5O. The molecule has 2 saturated carbocycles. The molecule has 2 aliphatic carbocycles. The van der Waals surface area contributed by atoms with E-state index in [9.17, 15) is 4.79 Å². The fourth-order valence-electron chi connectivity index (χ4n) is 8.09. The van der Waals surface area contributed by atoms with Gasteiger partial charge in [0.25, 0.3) is 0 Å². The van der Waals surface area contributed by atoms with Gasteiger partial charge in [-0.25, -0.2) is 4.98 Å². The van der Waals surface area contributed by atoms with Crippen molar-refractivity contribution in [1.82, 2.24) is 14.5 Å². The van der Waals surface area contributed by atoms with Gasteiger partial charge in [0.2, 0.25) is 0 Å². The fraction of sp³-hybridized carbons (Fsp3) is 0.500. The second kappa shape index (κ2) is 11.4. The van der Waals surface area contributed by atoms with Gasteiger partial charge in [0.05, 0.1) is 11.4 Å². The number of imidazole rings is 1. The second-order valence-corrected chi connectivity index (χ2v) is 13.2. The van der Waals surface area contributed by atoms with Crippen molar-refractivity contribution in [3.05, 3.63) is 70.8 Å². The molecule has 2 N–H and O–H groups in total. The molecule has 0 atom stereocenters. The van der Waals surface area contributed by atoms with Gasteiger partial charge in [-0.15, -0.1) is 0 Å². The number of hydrogen-bond donors (Lipinski definition) is 2. The highest BCUT2D eigenvalue weighted by molar-refractivity contribution is 5.83. The van der Waals surface area contributed by atoms with Gasteiger partial charge in [-0.2, -0.15) is 0 Å². The van der Waals surface area contributed by atoms with Crippen LogP contribution in [0.2, 0.25) is 0 Å². The summed E-state index contributed by atoms with van der Waals surface area (Å²) in [5.41, 5.74) is 11.3. The fourth-order valence-corrected chi connectivity index (χ4v) is 8.09. The molecule has 6 rings (SSSR count). The molecule has 0 unspecified atom stereocenters. The van der Waals surface area contributed by atoms with Crippen molar-refractivity contribution in [2.24, 2.45) is 17.9 Å². The first-order chi connectivity index (χ1) is 20.3. The first kappa shape index (κ1) is 28.7. The van der Waals surface area contributed by atoms with Crippen LogP contribution in [0, 0.1) is 24.7 Å². The summed E-state index contributed by atoms with van der Waals surface area (Å²) in [4.78, 5) is 19.6. The summed E-state index contributed by atoms with van der Waals surface area (Å²) in [6.07, 6.45) is 12.5. The Morgan fingerprint density at radius 3 is 2.36 bits per heavy atom. The van der Waals surface area contributed by atoms with Gasteiger partial charge in [-0.1, -0.05) is 37.3 Å². The number of nitrogens with zero attached hydrogens (tertiary/aromatic N) is 3. The van der Waals surface area contributed by atoms with E-state index in [2.05, 4.69) is 90.4 Å². The molecule has 2 bridgehead atoms. The Hall–Kier alpha value is -3.38. The lowest BCUT2D eigenvalue weighted by molar-refractivity contribution is -0.115. The molecule has 3 aliphatic rings. The van der Waals surface area contributed by atoms with Crippen molar-refractivity contribution >= 4 is 23.4 Å². The van der Waals surface area contributed by atoms with E-state index in [0.717, 1.165) is 74.6 Å². The third-order valence-corrected chi connectivity index (χ3v) is 10.7. The predicted molar refractivity (Wildman–Crippen MR) is 174 cm³/mol. The third kappa shape index (κ3) is 5.08. The summed E-state index contributed by atoms with van der Waals surface area (Å²) < 4.78 is 2.31. The Labute approximate surface area is 251 Å². The minimum Gasteiger partial charge on any atom is -0.388 e. The zero-order valence-electron chi connectivity index (χ0n) is 26.1. The number of nitrogens with one attached hydrogen (secondary N) is 2. The summed E-state index contributed by atoms with van der Waals surface area (Å²) >= 11 is 0. The highest BCUT2D eigenvalue weighted by Gasteiger charge is 2.53. The lowest BCUT2D eigenvalue weighted by Crippen LogP contribution is -2.34. The van der Waals surface area contributed by atoms with Crippen LogP contribution in [0.4, 0.5) is 11.4 Å².